The van der Waals surface area contributed by atoms with E-state index in [0.29, 0.717) is 25.1 Å². The van der Waals surface area contributed by atoms with E-state index in [1.807, 2.05) is 36.4 Å². The van der Waals surface area contributed by atoms with E-state index in [0.717, 1.165) is 40.7 Å². The molecular formula is C20H19N5O3. The Kier molecular flexibility index (Phi) is 3.98. The van der Waals surface area contributed by atoms with Crippen molar-refractivity contribution in [1.29, 1.82) is 0 Å². The van der Waals surface area contributed by atoms with E-state index in [9.17, 15) is 4.79 Å². The van der Waals surface area contributed by atoms with Gasteiger partial charge in [0, 0.05) is 31.6 Å². The molecule has 1 aromatic carbocycles. The van der Waals surface area contributed by atoms with Gasteiger partial charge in [-0.25, -0.2) is 4.98 Å². The van der Waals surface area contributed by atoms with Crippen LogP contribution in [-0.2, 0) is 19.5 Å². The van der Waals surface area contributed by atoms with Crippen LogP contribution in [0, 0.1) is 0 Å². The quantitative estimate of drug-likeness (QED) is 0.715. The molecule has 4 heterocycles. The van der Waals surface area contributed by atoms with Gasteiger partial charge in [0.2, 0.25) is 12.7 Å². The van der Waals surface area contributed by atoms with Crippen LogP contribution in [0.4, 0.5) is 5.95 Å². The number of nitrogens with one attached hydrogen (secondary N) is 1. The minimum Gasteiger partial charge on any atom is -0.454 e. The lowest BCUT2D eigenvalue weighted by Crippen LogP contribution is -2.35. The molecule has 2 aromatic heterocycles. The van der Waals surface area contributed by atoms with Gasteiger partial charge in [-0.15, -0.1) is 0 Å². The topological polar surface area (TPSA) is 106 Å². The van der Waals surface area contributed by atoms with Crippen LogP contribution < -0.4 is 20.8 Å². The van der Waals surface area contributed by atoms with Crippen LogP contribution in [0.25, 0.3) is 11.3 Å². The van der Waals surface area contributed by atoms with Crippen molar-refractivity contribution in [1.82, 2.24) is 19.9 Å². The Morgan fingerprint density at radius 3 is 2.96 bits per heavy atom. The van der Waals surface area contributed by atoms with Crippen molar-refractivity contribution in [3.05, 3.63) is 63.7 Å². The summed E-state index contributed by atoms with van der Waals surface area (Å²) < 4.78 is 10.8. The van der Waals surface area contributed by atoms with Gasteiger partial charge in [-0.1, -0.05) is 6.07 Å². The number of nitrogens with zero attached hydrogens (tertiary/aromatic N) is 3. The van der Waals surface area contributed by atoms with Crippen LogP contribution in [0.2, 0.25) is 0 Å². The number of aromatic amines is 1. The number of nitrogens with two attached hydrogens (primary N) is 1. The molecule has 0 saturated heterocycles. The average molecular weight is 377 g/mol. The first-order valence-electron chi connectivity index (χ1n) is 9.11. The third kappa shape index (κ3) is 3.07. The number of hydrogen-bond acceptors (Lipinski definition) is 7. The maximum absolute atomic E-state index is 12.2. The number of nitrogen functional groups attached to an aromatic ring is 1. The maximum Gasteiger partial charge on any atom is 0.257 e. The zero-order valence-electron chi connectivity index (χ0n) is 15.1. The summed E-state index contributed by atoms with van der Waals surface area (Å²) in [7, 11) is 0. The number of fused-ring (bicyclic) bond motifs is 2. The molecule has 5 rings (SSSR count). The third-order valence-corrected chi connectivity index (χ3v) is 5.03. The van der Waals surface area contributed by atoms with Crippen LogP contribution in [0.5, 0.6) is 11.5 Å². The number of aromatic nitrogens is 3. The number of benzene rings is 1. The molecule has 2 aliphatic rings. The Morgan fingerprint density at radius 1 is 1.14 bits per heavy atom. The summed E-state index contributed by atoms with van der Waals surface area (Å²) in [5, 5.41) is 0. The first-order valence-corrected chi connectivity index (χ1v) is 9.11. The summed E-state index contributed by atoms with van der Waals surface area (Å²) in [5.74, 6) is 1.67. The fourth-order valence-electron chi connectivity index (χ4n) is 3.65. The molecule has 2 aliphatic heterocycles. The summed E-state index contributed by atoms with van der Waals surface area (Å²) in [6, 6.07) is 11.8. The third-order valence-electron chi connectivity index (χ3n) is 5.03. The predicted molar refractivity (Wildman–Crippen MR) is 103 cm³/mol. The van der Waals surface area contributed by atoms with Crippen molar-refractivity contribution in [2.24, 2.45) is 0 Å². The van der Waals surface area contributed by atoms with E-state index >= 15 is 0 Å². The van der Waals surface area contributed by atoms with Crippen molar-refractivity contribution in [2.75, 3.05) is 19.1 Å². The molecular weight excluding hydrogens is 358 g/mol. The summed E-state index contributed by atoms with van der Waals surface area (Å²) >= 11 is 0. The lowest BCUT2D eigenvalue weighted by Gasteiger charge is -2.27. The molecule has 0 radical (unpaired) electrons. The van der Waals surface area contributed by atoms with Gasteiger partial charge in [0.05, 0.1) is 22.6 Å². The fourth-order valence-corrected chi connectivity index (χ4v) is 3.65. The van der Waals surface area contributed by atoms with E-state index in [4.69, 9.17) is 20.2 Å². The second-order valence-electron chi connectivity index (χ2n) is 6.92. The van der Waals surface area contributed by atoms with Gasteiger partial charge in [0.25, 0.3) is 5.56 Å². The van der Waals surface area contributed by atoms with Gasteiger partial charge in [-0.2, -0.15) is 0 Å². The molecule has 8 nitrogen and oxygen atoms in total. The fraction of sp³-hybridized carbons (Fsp3) is 0.250. The van der Waals surface area contributed by atoms with Crippen LogP contribution in [0.15, 0.2) is 41.2 Å². The number of pyridine rings is 1. The molecule has 8 heteroatoms. The Balaban J connectivity index is 1.37. The Labute approximate surface area is 161 Å². The van der Waals surface area contributed by atoms with Crippen LogP contribution in [-0.4, -0.2) is 33.2 Å². The number of H-pyrrole nitrogens is 1. The number of hydrogen-bond donors (Lipinski definition) is 2. The van der Waals surface area contributed by atoms with Gasteiger partial charge in [-0.3, -0.25) is 19.7 Å². The Morgan fingerprint density at radius 2 is 2.04 bits per heavy atom. The molecule has 142 valence electrons. The molecule has 0 bridgehead atoms. The SMILES string of the molecule is Nc1nc2c(c(=O)[nH]1)CN(Cc1cccc(-c3ccc4c(c3)OCO4)n1)CC2. The molecule has 3 N–H and O–H groups in total. The zero-order valence-corrected chi connectivity index (χ0v) is 15.1. The second kappa shape index (κ2) is 6.65. The van der Waals surface area contributed by atoms with E-state index in [1.165, 1.54) is 0 Å². The molecule has 0 amide bonds. The summed E-state index contributed by atoms with van der Waals surface area (Å²) in [6.07, 6.45) is 0.700. The van der Waals surface area contributed by atoms with Gasteiger partial charge < -0.3 is 15.2 Å². The van der Waals surface area contributed by atoms with Gasteiger partial charge in [0.15, 0.2) is 11.5 Å². The predicted octanol–water partition coefficient (Wildman–Crippen LogP) is 1.70. The molecule has 3 aromatic rings. The van der Waals surface area contributed by atoms with Crippen molar-refractivity contribution >= 4 is 5.95 Å². The number of anilines is 1. The highest BCUT2D eigenvalue weighted by Crippen LogP contribution is 2.35. The first kappa shape index (κ1) is 16.8. The highest BCUT2D eigenvalue weighted by Gasteiger charge is 2.21. The van der Waals surface area contributed by atoms with Crippen molar-refractivity contribution in [3.8, 4) is 22.8 Å². The lowest BCUT2D eigenvalue weighted by atomic mass is 10.1. The largest absolute Gasteiger partial charge is 0.454 e. The van der Waals surface area contributed by atoms with Crippen molar-refractivity contribution in [2.45, 2.75) is 19.5 Å². The molecule has 0 fully saturated rings. The van der Waals surface area contributed by atoms with Crippen molar-refractivity contribution in [3.63, 3.8) is 0 Å². The number of ether oxygens (including phenoxy) is 2. The average Bonchev–Trinajstić information content (AvgIpc) is 3.16. The van der Waals surface area contributed by atoms with Gasteiger partial charge >= 0.3 is 0 Å². The van der Waals surface area contributed by atoms with E-state index in [-0.39, 0.29) is 18.3 Å². The standard InChI is InChI=1S/C20H19N5O3/c21-20-23-16-6-7-25(10-14(16)19(26)24-20)9-13-2-1-3-15(22-13)12-4-5-17-18(8-12)28-11-27-17/h1-5,8H,6-7,9-11H2,(H3,21,23,24,26). The van der Waals surface area contributed by atoms with E-state index < -0.39 is 0 Å². The molecule has 0 aliphatic carbocycles. The highest BCUT2D eigenvalue weighted by atomic mass is 16.7. The van der Waals surface area contributed by atoms with Crippen molar-refractivity contribution < 1.29 is 9.47 Å². The van der Waals surface area contributed by atoms with Crippen LogP contribution in [0.3, 0.4) is 0 Å². The smallest absolute Gasteiger partial charge is 0.257 e. The minimum atomic E-state index is -0.158. The summed E-state index contributed by atoms with van der Waals surface area (Å²) in [5.41, 5.74) is 9.76. The van der Waals surface area contributed by atoms with E-state index in [1.54, 1.807) is 0 Å². The minimum absolute atomic E-state index is 0.158. The lowest BCUT2D eigenvalue weighted by molar-refractivity contribution is 0.174. The normalized spacial score (nSPS) is 15.4. The summed E-state index contributed by atoms with van der Waals surface area (Å²) in [6.45, 7) is 2.25. The molecule has 28 heavy (non-hydrogen) atoms. The Hall–Kier alpha value is -3.39. The molecule has 0 spiro atoms. The first-order chi connectivity index (χ1) is 13.7. The number of rotatable bonds is 3. The van der Waals surface area contributed by atoms with Crippen LogP contribution >= 0.6 is 0 Å². The Bertz CT molecular complexity index is 1110. The van der Waals surface area contributed by atoms with Gasteiger partial charge in [0.1, 0.15) is 0 Å². The molecule has 0 saturated carbocycles. The summed E-state index contributed by atoms with van der Waals surface area (Å²) in [4.78, 5) is 26.0. The van der Waals surface area contributed by atoms with Crippen LogP contribution in [0.1, 0.15) is 17.0 Å². The maximum atomic E-state index is 12.2. The zero-order chi connectivity index (χ0) is 19.1. The van der Waals surface area contributed by atoms with E-state index in [2.05, 4.69) is 14.9 Å². The highest BCUT2D eigenvalue weighted by molar-refractivity contribution is 5.64. The van der Waals surface area contributed by atoms with Gasteiger partial charge in [-0.05, 0) is 30.3 Å². The monoisotopic (exact) mass is 377 g/mol. The molecule has 0 unspecified atom stereocenters. The molecule has 0 atom stereocenters. The second-order valence-corrected chi connectivity index (χ2v) is 6.92.